The second-order valence-corrected chi connectivity index (χ2v) is 5.28. The quantitative estimate of drug-likeness (QED) is 0.742. The second-order valence-electron chi connectivity index (χ2n) is 4.87. The number of halogens is 2. The lowest BCUT2D eigenvalue weighted by Crippen LogP contribution is -2.21. The molecule has 0 spiro atoms. The van der Waals surface area contributed by atoms with Crippen molar-refractivity contribution in [3.63, 3.8) is 0 Å². The van der Waals surface area contributed by atoms with Crippen LogP contribution in [-0.2, 0) is 4.79 Å². The zero-order valence-corrected chi connectivity index (χ0v) is 13.3. The molecule has 1 unspecified atom stereocenters. The topological polar surface area (TPSA) is 102 Å². The average molecular weight is 353 g/mol. The molecule has 0 aromatic heterocycles. The van der Waals surface area contributed by atoms with Crippen LogP contribution < -0.4 is 15.8 Å². The molecule has 1 atom stereocenters. The van der Waals surface area contributed by atoms with E-state index in [0.29, 0.717) is 10.6 Å². The third kappa shape index (κ3) is 3.75. The van der Waals surface area contributed by atoms with Crippen LogP contribution in [0.1, 0.15) is 22.0 Å². The van der Waals surface area contributed by atoms with E-state index >= 15 is 0 Å². The van der Waals surface area contributed by atoms with Crippen molar-refractivity contribution >= 4 is 29.2 Å². The Morgan fingerprint density at radius 1 is 1.29 bits per heavy atom. The molecule has 2 aromatic carbocycles. The Hall–Kier alpha value is -2.80. The number of carbonyl (C=O) groups excluding carboxylic acids is 1. The van der Waals surface area contributed by atoms with E-state index in [0.717, 1.165) is 12.1 Å². The first-order valence-corrected chi connectivity index (χ1v) is 7.13. The summed E-state index contributed by atoms with van der Waals surface area (Å²) in [7, 11) is 1.39. The van der Waals surface area contributed by atoms with Crippen LogP contribution >= 0.6 is 11.6 Å². The monoisotopic (exact) mass is 352 g/mol. The van der Waals surface area contributed by atoms with Crippen LogP contribution in [0.15, 0.2) is 36.4 Å². The number of primary amides is 1. The third-order valence-corrected chi connectivity index (χ3v) is 3.62. The summed E-state index contributed by atoms with van der Waals surface area (Å²) < 4.78 is 19.0. The lowest BCUT2D eigenvalue weighted by molar-refractivity contribution is -0.138. The highest BCUT2D eigenvalue weighted by Crippen LogP contribution is 2.30. The molecule has 126 valence electrons. The van der Waals surface area contributed by atoms with Crippen molar-refractivity contribution in [2.75, 3.05) is 12.4 Å². The van der Waals surface area contributed by atoms with E-state index in [-0.39, 0.29) is 17.0 Å². The smallest absolute Gasteiger partial charge is 0.330 e. The molecule has 2 aromatic rings. The number of carbonyl (C=O) groups is 2. The molecule has 0 aliphatic carbocycles. The minimum atomic E-state index is -1.28. The molecule has 0 aliphatic heterocycles. The summed E-state index contributed by atoms with van der Waals surface area (Å²) in [6.07, 6.45) is 0. The maximum absolute atomic E-state index is 13.9. The first-order valence-electron chi connectivity index (χ1n) is 6.75. The minimum absolute atomic E-state index is 0.0525. The van der Waals surface area contributed by atoms with Crippen molar-refractivity contribution in [2.24, 2.45) is 5.73 Å². The van der Waals surface area contributed by atoms with Crippen LogP contribution in [0.4, 0.5) is 10.1 Å². The summed E-state index contributed by atoms with van der Waals surface area (Å²) in [5.74, 6) is -2.43. The van der Waals surface area contributed by atoms with Gasteiger partial charge in [0.1, 0.15) is 11.6 Å². The van der Waals surface area contributed by atoms with Gasteiger partial charge in [0.05, 0.1) is 17.8 Å². The van der Waals surface area contributed by atoms with Crippen molar-refractivity contribution in [1.82, 2.24) is 0 Å². The number of amides is 1. The Bertz CT molecular complexity index is 798. The molecule has 4 N–H and O–H groups in total. The predicted octanol–water partition coefficient (Wildman–Crippen LogP) is 2.82. The van der Waals surface area contributed by atoms with E-state index < -0.39 is 23.7 Å². The minimum Gasteiger partial charge on any atom is -0.495 e. The molecule has 0 radical (unpaired) electrons. The Kier molecular flexibility index (Phi) is 5.25. The SMILES string of the molecule is COc1cc(C(Nc2cc(C(N)=O)ccc2F)C(=O)O)ccc1Cl. The number of benzene rings is 2. The van der Waals surface area contributed by atoms with Gasteiger partial charge in [0, 0.05) is 5.56 Å². The van der Waals surface area contributed by atoms with E-state index in [9.17, 15) is 19.1 Å². The number of anilines is 1. The fourth-order valence-electron chi connectivity index (χ4n) is 2.09. The lowest BCUT2D eigenvalue weighted by Gasteiger charge is -2.18. The van der Waals surface area contributed by atoms with Crippen LogP contribution in [0, 0.1) is 5.82 Å². The molecule has 0 aliphatic rings. The van der Waals surface area contributed by atoms with Crippen LogP contribution in [0.2, 0.25) is 5.02 Å². The van der Waals surface area contributed by atoms with Gasteiger partial charge in [0.25, 0.3) is 0 Å². The molecule has 0 fully saturated rings. The molecule has 0 bridgehead atoms. The molecule has 2 rings (SSSR count). The Balaban J connectivity index is 2.41. The molecular weight excluding hydrogens is 339 g/mol. The number of nitrogens with one attached hydrogen (secondary N) is 1. The molecule has 6 nitrogen and oxygen atoms in total. The number of methoxy groups -OCH3 is 1. The van der Waals surface area contributed by atoms with Crippen molar-refractivity contribution in [1.29, 1.82) is 0 Å². The molecule has 1 amide bonds. The average Bonchev–Trinajstić information content (AvgIpc) is 2.54. The van der Waals surface area contributed by atoms with Gasteiger partial charge in [-0.3, -0.25) is 4.79 Å². The van der Waals surface area contributed by atoms with E-state index in [1.165, 1.54) is 31.4 Å². The summed E-state index contributed by atoms with van der Waals surface area (Å²) in [4.78, 5) is 22.8. The highest BCUT2D eigenvalue weighted by Gasteiger charge is 2.22. The zero-order chi connectivity index (χ0) is 17.9. The van der Waals surface area contributed by atoms with Crippen molar-refractivity contribution < 1.29 is 23.8 Å². The maximum atomic E-state index is 13.9. The number of rotatable bonds is 6. The first kappa shape index (κ1) is 17.6. The number of hydrogen-bond donors (Lipinski definition) is 3. The largest absolute Gasteiger partial charge is 0.495 e. The van der Waals surface area contributed by atoms with Gasteiger partial charge in [-0.2, -0.15) is 0 Å². The Morgan fingerprint density at radius 2 is 2.00 bits per heavy atom. The summed E-state index contributed by atoms with van der Waals surface area (Å²) in [6.45, 7) is 0. The summed E-state index contributed by atoms with van der Waals surface area (Å²) in [6, 6.07) is 6.50. The van der Waals surface area contributed by atoms with Crippen LogP contribution in [-0.4, -0.2) is 24.1 Å². The highest BCUT2D eigenvalue weighted by atomic mass is 35.5. The lowest BCUT2D eigenvalue weighted by atomic mass is 10.1. The van der Waals surface area contributed by atoms with Gasteiger partial charge in [-0.15, -0.1) is 0 Å². The van der Waals surface area contributed by atoms with Crippen molar-refractivity contribution in [3.05, 3.63) is 58.4 Å². The van der Waals surface area contributed by atoms with Crippen molar-refractivity contribution in [3.8, 4) is 5.75 Å². The molecule has 24 heavy (non-hydrogen) atoms. The van der Waals surface area contributed by atoms with Gasteiger partial charge in [-0.25, -0.2) is 9.18 Å². The van der Waals surface area contributed by atoms with Gasteiger partial charge in [-0.05, 0) is 35.9 Å². The van der Waals surface area contributed by atoms with Gasteiger partial charge < -0.3 is 20.9 Å². The Morgan fingerprint density at radius 3 is 2.58 bits per heavy atom. The third-order valence-electron chi connectivity index (χ3n) is 3.31. The number of nitrogens with two attached hydrogens (primary N) is 1. The molecule has 0 saturated carbocycles. The normalized spacial score (nSPS) is 11.6. The number of ether oxygens (including phenoxy) is 1. The van der Waals surface area contributed by atoms with Crippen LogP contribution in [0.5, 0.6) is 5.75 Å². The highest BCUT2D eigenvalue weighted by molar-refractivity contribution is 6.32. The first-order chi connectivity index (χ1) is 11.3. The van der Waals surface area contributed by atoms with Crippen molar-refractivity contribution in [2.45, 2.75) is 6.04 Å². The van der Waals surface area contributed by atoms with E-state index in [4.69, 9.17) is 22.1 Å². The summed E-state index contributed by atoms with van der Waals surface area (Å²) in [5.41, 5.74) is 5.34. The van der Waals surface area contributed by atoms with E-state index in [1.54, 1.807) is 0 Å². The number of carboxylic acid groups (broad SMARTS) is 1. The summed E-state index contributed by atoms with van der Waals surface area (Å²) in [5, 5.41) is 12.3. The van der Waals surface area contributed by atoms with Crippen LogP contribution in [0.25, 0.3) is 0 Å². The molecule has 0 saturated heterocycles. The summed E-state index contributed by atoms with van der Waals surface area (Å²) >= 11 is 5.92. The fraction of sp³-hybridized carbons (Fsp3) is 0.125. The maximum Gasteiger partial charge on any atom is 0.330 e. The number of carboxylic acids is 1. The molecular formula is C16H14ClFN2O4. The van der Waals surface area contributed by atoms with Gasteiger partial charge in [0.15, 0.2) is 6.04 Å². The van der Waals surface area contributed by atoms with Gasteiger partial charge >= 0.3 is 5.97 Å². The number of hydrogen-bond acceptors (Lipinski definition) is 4. The molecule has 0 heterocycles. The van der Waals surface area contributed by atoms with Gasteiger partial charge in [-0.1, -0.05) is 17.7 Å². The Labute approximate surface area is 142 Å². The molecule has 8 heteroatoms. The predicted molar refractivity (Wildman–Crippen MR) is 86.9 cm³/mol. The fourth-order valence-corrected chi connectivity index (χ4v) is 2.28. The van der Waals surface area contributed by atoms with Crippen LogP contribution in [0.3, 0.4) is 0 Å². The standard InChI is InChI=1S/C16H14ClFN2O4/c1-24-13-7-8(2-4-10(13)17)14(16(22)23)20-12-6-9(15(19)21)3-5-11(12)18/h2-7,14,20H,1H3,(H2,19,21)(H,22,23). The van der Waals surface area contributed by atoms with Gasteiger partial charge in [0.2, 0.25) is 5.91 Å². The van der Waals surface area contributed by atoms with E-state index in [2.05, 4.69) is 5.32 Å². The zero-order valence-electron chi connectivity index (χ0n) is 12.5. The van der Waals surface area contributed by atoms with E-state index in [1.807, 2.05) is 0 Å². The number of aliphatic carboxylic acids is 1. The second kappa shape index (κ2) is 7.18.